The topological polar surface area (TPSA) is 110 Å². The van der Waals surface area contributed by atoms with Gasteiger partial charge in [-0.3, -0.25) is 4.90 Å². The van der Waals surface area contributed by atoms with Gasteiger partial charge in [0, 0.05) is 6.54 Å². The number of rotatable bonds is 9. The van der Waals surface area contributed by atoms with Crippen molar-refractivity contribution in [3.8, 4) is 33.6 Å². The van der Waals surface area contributed by atoms with Gasteiger partial charge in [0.15, 0.2) is 0 Å². The van der Waals surface area contributed by atoms with Crippen LogP contribution in [-0.2, 0) is 6.54 Å². The van der Waals surface area contributed by atoms with E-state index in [1.807, 2.05) is 50.4 Å². The molecule has 3 aromatic carbocycles. The second-order valence-corrected chi connectivity index (χ2v) is 11.3. The van der Waals surface area contributed by atoms with Crippen LogP contribution in [0.4, 0.5) is 4.79 Å². The summed E-state index contributed by atoms with van der Waals surface area (Å²) in [7, 11) is 0. The Labute approximate surface area is 245 Å². The fourth-order valence-corrected chi connectivity index (χ4v) is 5.78. The van der Waals surface area contributed by atoms with Crippen molar-refractivity contribution in [3.05, 3.63) is 108 Å². The molecule has 1 saturated heterocycles. The summed E-state index contributed by atoms with van der Waals surface area (Å²) in [5, 5.41) is 13.6. The van der Waals surface area contributed by atoms with Crippen LogP contribution in [0, 0.1) is 5.92 Å². The SMILES string of the molecule is CC(C)[C@@H](c1ncc(-c2ccc(-c3ccc(-c4cnc([C@@H]5CCCN5)[nH]4)cc3)cc2)[nH]1)N(Cc1ccccc1)C(=O)O. The fraction of sp³-hybridized carbons (Fsp3) is 0.265. The van der Waals surface area contributed by atoms with Crippen molar-refractivity contribution in [1.29, 1.82) is 0 Å². The van der Waals surface area contributed by atoms with Crippen LogP contribution in [0.3, 0.4) is 0 Å². The zero-order chi connectivity index (χ0) is 29.1. The summed E-state index contributed by atoms with van der Waals surface area (Å²) in [5.41, 5.74) is 7.18. The number of aromatic amines is 2. The van der Waals surface area contributed by atoms with Crippen LogP contribution in [0.25, 0.3) is 33.6 Å². The van der Waals surface area contributed by atoms with Crippen molar-refractivity contribution in [1.82, 2.24) is 30.2 Å². The van der Waals surface area contributed by atoms with Gasteiger partial charge >= 0.3 is 6.09 Å². The third-order valence-electron chi connectivity index (χ3n) is 8.00. The maximum Gasteiger partial charge on any atom is 0.408 e. The van der Waals surface area contributed by atoms with E-state index in [1.165, 1.54) is 11.3 Å². The minimum absolute atomic E-state index is 0.0295. The molecule has 1 aliphatic heterocycles. The van der Waals surface area contributed by atoms with Crippen LogP contribution < -0.4 is 5.32 Å². The lowest BCUT2D eigenvalue weighted by Crippen LogP contribution is -2.36. The normalized spacial score (nSPS) is 15.6. The van der Waals surface area contributed by atoms with Crippen molar-refractivity contribution >= 4 is 6.09 Å². The molecule has 0 unspecified atom stereocenters. The summed E-state index contributed by atoms with van der Waals surface area (Å²) in [6.45, 7) is 5.38. The first-order valence-corrected chi connectivity index (χ1v) is 14.5. The standard InChI is InChI=1S/C34H36N6O2/c1-22(2)31(40(34(41)42)21-23-7-4-3-5-8-23)33-37-20-30(39-33)27-16-12-25(13-17-27)24-10-14-26(15-11-24)29-19-36-32(38-29)28-9-6-18-35-28/h3-5,7-8,10-17,19-20,22,28,31,35H,6,9,18,21H2,1-2H3,(H,36,38)(H,37,39)(H,41,42)/t28-,31-/m0/s1. The van der Waals surface area contributed by atoms with Crippen molar-refractivity contribution < 1.29 is 9.90 Å². The van der Waals surface area contributed by atoms with E-state index < -0.39 is 12.1 Å². The van der Waals surface area contributed by atoms with Gasteiger partial charge in [0.2, 0.25) is 0 Å². The average molecular weight is 561 g/mol. The first kappa shape index (κ1) is 27.5. The summed E-state index contributed by atoms with van der Waals surface area (Å²) in [5.74, 6) is 1.68. The van der Waals surface area contributed by atoms with E-state index in [0.717, 1.165) is 58.0 Å². The van der Waals surface area contributed by atoms with Crippen LogP contribution in [0.5, 0.6) is 0 Å². The maximum atomic E-state index is 12.3. The molecule has 6 rings (SSSR count). The molecule has 8 nitrogen and oxygen atoms in total. The van der Waals surface area contributed by atoms with E-state index in [9.17, 15) is 9.90 Å². The molecule has 0 bridgehead atoms. The number of carboxylic acid groups (broad SMARTS) is 1. The Morgan fingerprint density at radius 1 is 0.857 bits per heavy atom. The highest BCUT2D eigenvalue weighted by molar-refractivity contribution is 5.71. The molecule has 3 heterocycles. The number of benzene rings is 3. The Morgan fingerprint density at radius 2 is 1.45 bits per heavy atom. The molecule has 0 saturated carbocycles. The van der Waals surface area contributed by atoms with Crippen molar-refractivity contribution in [2.75, 3.05) is 6.54 Å². The lowest BCUT2D eigenvalue weighted by molar-refractivity contribution is 0.102. The quantitative estimate of drug-likeness (QED) is 0.150. The third-order valence-corrected chi connectivity index (χ3v) is 8.00. The Hall–Kier alpha value is -4.69. The third kappa shape index (κ3) is 5.85. The Balaban J connectivity index is 1.17. The van der Waals surface area contributed by atoms with Gasteiger partial charge in [-0.15, -0.1) is 0 Å². The Morgan fingerprint density at radius 3 is 2.02 bits per heavy atom. The van der Waals surface area contributed by atoms with E-state index in [1.54, 1.807) is 6.20 Å². The van der Waals surface area contributed by atoms with E-state index in [2.05, 4.69) is 73.8 Å². The highest BCUT2D eigenvalue weighted by atomic mass is 16.4. The molecule has 42 heavy (non-hydrogen) atoms. The molecule has 1 fully saturated rings. The number of nitrogens with one attached hydrogen (secondary N) is 3. The summed E-state index contributed by atoms with van der Waals surface area (Å²) < 4.78 is 0. The molecular weight excluding hydrogens is 524 g/mol. The van der Waals surface area contributed by atoms with Gasteiger partial charge in [-0.25, -0.2) is 14.8 Å². The minimum atomic E-state index is -0.968. The van der Waals surface area contributed by atoms with Crippen molar-refractivity contribution in [2.24, 2.45) is 5.92 Å². The highest BCUT2D eigenvalue weighted by Gasteiger charge is 2.30. The molecule has 0 spiro atoms. The van der Waals surface area contributed by atoms with Gasteiger partial charge in [0.25, 0.3) is 0 Å². The second kappa shape index (κ2) is 12.0. The van der Waals surface area contributed by atoms with Gasteiger partial charge < -0.3 is 20.4 Å². The van der Waals surface area contributed by atoms with Crippen LogP contribution in [0.1, 0.15) is 56.0 Å². The smallest absolute Gasteiger partial charge is 0.408 e. The Kier molecular flexibility index (Phi) is 7.88. The van der Waals surface area contributed by atoms with E-state index in [-0.39, 0.29) is 5.92 Å². The maximum absolute atomic E-state index is 12.3. The molecule has 5 aromatic rings. The number of hydrogen-bond donors (Lipinski definition) is 4. The zero-order valence-corrected chi connectivity index (χ0v) is 23.9. The van der Waals surface area contributed by atoms with Crippen molar-refractivity contribution in [2.45, 2.75) is 45.3 Å². The van der Waals surface area contributed by atoms with Crippen molar-refractivity contribution in [3.63, 3.8) is 0 Å². The number of hydrogen-bond acceptors (Lipinski definition) is 4. The number of aromatic nitrogens is 4. The molecule has 2 atom stereocenters. The molecule has 0 radical (unpaired) electrons. The molecular formula is C34H36N6O2. The highest BCUT2D eigenvalue weighted by Crippen LogP contribution is 2.32. The lowest BCUT2D eigenvalue weighted by atomic mass is 10.0. The largest absolute Gasteiger partial charge is 0.465 e. The lowest BCUT2D eigenvalue weighted by Gasteiger charge is -2.31. The summed E-state index contributed by atoms with van der Waals surface area (Å²) >= 11 is 0. The summed E-state index contributed by atoms with van der Waals surface area (Å²) in [4.78, 5) is 29.9. The fourth-order valence-electron chi connectivity index (χ4n) is 5.78. The Bertz CT molecular complexity index is 1620. The number of nitrogens with zero attached hydrogens (tertiary/aromatic N) is 3. The monoisotopic (exact) mass is 560 g/mol. The zero-order valence-electron chi connectivity index (χ0n) is 23.9. The minimum Gasteiger partial charge on any atom is -0.465 e. The van der Waals surface area contributed by atoms with Gasteiger partial charge in [-0.1, -0.05) is 92.7 Å². The van der Waals surface area contributed by atoms with Gasteiger partial charge in [0.1, 0.15) is 11.6 Å². The molecule has 8 heteroatoms. The predicted molar refractivity (Wildman–Crippen MR) is 165 cm³/mol. The molecule has 4 N–H and O–H groups in total. The number of amides is 1. The molecule has 0 aliphatic carbocycles. The molecule has 1 amide bonds. The van der Waals surface area contributed by atoms with E-state index in [4.69, 9.17) is 0 Å². The van der Waals surface area contributed by atoms with Gasteiger partial charge in [0.05, 0.1) is 35.9 Å². The van der Waals surface area contributed by atoms with Crippen LogP contribution in [-0.4, -0.2) is 42.6 Å². The molecule has 1 aliphatic rings. The van der Waals surface area contributed by atoms with Gasteiger partial charge in [-0.2, -0.15) is 0 Å². The summed E-state index contributed by atoms with van der Waals surface area (Å²) in [6, 6.07) is 26.4. The number of H-pyrrole nitrogens is 2. The number of carbonyl (C=O) groups is 1. The van der Waals surface area contributed by atoms with E-state index in [0.29, 0.717) is 18.4 Å². The first-order chi connectivity index (χ1) is 20.5. The van der Waals surface area contributed by atoms with Crippen LogP contribution in [0.15, 0.2) is 91.3 Å². The predicted octanol–water partition coefficient (Wildman–Crippen LogP) is 7.44. The second-order valence-electron chi connectivity index (χ2n) is 11.3. The van der Waals surface area contributed by atoms with E-state index >= 15 is 0 Å². The average Bonchev–Trinajstić information content (AvgIpc) is 3.80. The summed E-state index contributed by atoms with van der Waals surface area (Å²) in [6.07, 6.45) is 5.04. The van der Waals surface area contributed by atoms with Crippen LogP contribution in [0.2, 0.25) is 0 Å². The van der Waals surface area contributed by atoms with Gasteiger partial charge in [-0.05, 0) is 53.1 Å². The molecule has 214 valence electrons. The van der Waals surface area contributed by atoms with Crippen LogP contribution >= 0.6 is 0 Å². The number of imidazole rings is 2. The molecule has 2 aromatic heterocycles. The first-order valence-electron chi connectivity index (χ1n) is 14.5.